The number of aliphatic carboxylic acids is 1. The fourth-order valence-electron chi connectivity index (χ4n) is 5.41. The van der Waals surface area contributed by atoms with Gasteiger partial charge in [0.1, 0.15) is 17.4 Å². The zero-order chi connectivity index (χ0) is 30.9. The maximum Gasteiger partial charge on any atom is 0.349 e. The lowest BCUT2D eigenvalue weighted by molar-refractivity contribution is -0.145. The van der Waals surface area contributed by atoms with E-state index in [1.165, 1.54) is 0 Å². The van der Waals surface area contributed by atoms with Crippen LogP contribution in [0.25, 0.3) is 5.82 Å². The Morgan fingerprint density at radius 3 is 2.21 bits per heavy atom. The molecule has 0 amide bonds. The van der Waals surface area contributed by atoms with E-state index < -0.39 is 12.1 Å². The normalized spacial score (nSPS) is 11.8. The Hall–Kier alpha value is -3.97. The van der Waals surface area contributed by atoms with Crippen molar-refractivity contribution in [2.75, 3.05) is 0 Å². The molecule has 0 saturated carbocycles. The molecule has 2 aromatic carbocycles. The summed E-state index contributed by atoms with van der Waals surface area (Å²) in [6.45, 7) is 8.15. The van der Waals surface area contributed by atoms with E-state index in [1.807, 2.05) is 25.1 Å². The number of nitrogens with zero attached hydrogens (tertiary/aromatic N) is 3. The van der Waals surface area contributed by atoms with Crippen molar-refractivity contribution in [2.45, 2.75) is 85.2 Å². The van der Waals surface area contributed by atoms with Crippen molar-refractivity contribution in [1.82, 2.24) is 14.5 Å². The largest absolute Gasteiger partial charge is 0.478 e. The molecule has 8 heteroatoms. The number of hydrogen-bond donors (Lipinski definition) is 1. The van der Waals surface area contributed by atoms with Crippen LogP contribution in [0.2, 0.25) is 5.02 Å². The molecular formula is C35H40ClN3O4. The molecule has 226 valence electrons. The van der Waals surface area contributed by atoms with Gasteiger partial charge < -0.3 is 9.84 Å². The van der Waals surface area contributed by atoms with Crippen LogP contribution in [0.3, 0.4) is 0 Å². The molecule has 2 aromatic heterocycles. The summed E-state index contributed by atoms with van der Waals surface area (Å²) in [6.07, 6.45) is 6.67. The number of unbranched alkanes of at least 4 members (excludes halogenated alkanes) is 1. The monoisotopic (exact) mass is 601 g/mol. The third-order valence-electron chi connectivity index (χ3n) is 7.43. The summed E-state index contributed by atoms with van der Waals surface area (Å²) < 4.78 is 7.93. The quantitative estimate of drug-likeness (QED) is 0.160. The Kier molecular flexibility index (Phi) is 11.1. The molecule has 1 atom stereocenters. The second-order valence-electron chi connectivity index (χ2n) is 10.8. The van der Waals surface area contributed by atoms with Crippen molar-refractivity contribution in [3.63, 3.8) is 0 Å². The molecule has 0 aliphatic carbocycles. The predicted octanol–water partition coefficient (Wildman–Crippen LogP) is 7.63. The number of carbonyl (C=O) groups is 1. The summed E-state index contributed by atoms with van der Waals surface area (Å²) in [7, 11) is 0. The molecule has 1 N–H and O–H groups in total. The molecule has 1 unspecified atom stereocenters. The first-order valence-electron chi connectivity index (χ1n) is 15.1. The summed E-state index contributed by atoms with van der Waals surface area (Å²) in [5, 5.41) is 10.6. The van der Waals surface area contributed by atoms with Crippen LogP contribution in [0.1, 0.15) is 91.9 Å². The second-order valence-corrected chi connectivity index (χ2v) is 11.3. The zero-order valence-electron chi connectivity index (χ0n) is 25.4. The molecular weight excluding hydrogens is 562 g/mol. The van der Waals surface area contributed by atoms with Gasteiger partial charge in [-0.1, -0.05) is 82.0 Å². The standard InChI is InChI=1S/C35H40ClN3O4/c1-5-8-13-30-29(34(40)39(23(4)38-30)31-14-9-10-19-37-31)22-24-20-26(11-6-2)32(27(21-24)12-7-3)43-33(35(41)42)25-15-17-28(36)18-16-25/h9-10,14-21,33H,5-8,11-13,22H2,1-4H3,(H,41,42). The number of benzene rings is 2. The van der Waals surface area contributed by atoms with E-state index in [0.29, 0.717) is 52.8 Å². The minimum Gasteiger partial charge on any atom is -0.478 e. The molecule has 2 heterocycles. The molecule has 4 aromatic rings. The number of ether oxygens (including phenoxy) is 1. The molecule has 7 nitrogen and oxygen atoms in total. The topological polar surface area (TPSA) is 94.3 Å². The van der Waals surface area contributed by atoms with Gasteiger partial charge in [-0.3, -0.25) is 4.79 Å². The maximum atomic E-state index is 14.1. The summed E-state index contributed by atoms with van der Waals surface area (Å²) in [5.74, 6) is 0.693. The van der Waals surface area contributed by atoms with E-state index in [9.17, 15) is 14.7 Å². The van der Waals surface area contributed by atoms with Crippen LogP contribution in [0.4, 0.5) is 0 Å². The molecule has 0 aliphatic heterocycles. The van der Waals surface area contributed by atoms with Crippen LogP contribution in [0, 0.1) is 6.92 Å². The highest BCUT2D eigenvalue weighted by Crippen LogP contribution is 2.34. The van der Waals surface area contributed by atoms with Gasteiger partial charge in [0.25, 0.3) is 5.56 Å². The molecule has 0 aliphatic rings. The summed E-state index contributed by atoms with van der Waals surface area (Å²) >= 11 is 6.06. The Morgan fingerprint density at radius 1 is 0.977 bits per heavy atom. The molecule has 0 saturated heterocycles. The third kappa shape index (κ3) is 7.71. The lowest BCUT2D eigenvalue weighted by Gasteiger charge is -2.22. The van der Waals surface area contributed by atoms with Crippen LogP contribution in [0.15, 0.2) is 65.6 Å². The van der Waals surface area contributed by atoms with E-state index >= 15 is 0 Å². The second kappa shape index (κ2) is 15.0. The minimum atomic E-state index is -1.18. The third-order valence-corrected chi connectivity index (χ3v) is 7.68. The lowest BCUT2D eigenvalue weighted by Crippen LogP contribution is -2.29. The number of carboxylic acids is 1. The van der Waals surface area contributed by atoms with Crippen molar-refractivity contribution in [1.29, 1.82) is 0 Å². The molecule has 4 rings (SSSR count). The van der Waals surface area contributed by atoms with E-state index in [0.717, 1.165) is 54.5 Å². The Labute approximate surface area is 258 Å². The first-order valence-corrected chi connectivity index (χ1v) is 15.5. The van der Waals surface area contributed by atoms with Gasteiger partial charge in [0.2, 0.25) is 6.10 Å². The Balaban J connectivity index is 1.83. The van der Waals surface area contributed by atoms with Crippen molar-refractivity contribution in [3.05, 3.63) is 116 Å². The molecule has 0 bridgehead atoms. The van der Waals surface area contributed by atoms with Gasteiger partial charge in [-0.2, -0.15) is 0 Å². The lowest BCUT2D eigenvalue weighted by atomic mass is 9.94. The first kappa shape index (κ1) is 32.0. The smallest absolute Gasteiger partial charge is 0.349 e. The van der Waals surface area contributed by atoms with Crippen molar-refractivity contribution >= 4 is 17.6 Å². The van der Waals surface area contributed by atoms with Crippen LogP contribution < -0.4 is 10.3 Å². The molecule has 43 heavy (non-hydrogen) atoms. The minimum absolute atomic E-state index is 0.111. The van der Waals surface area contributed by atoms with Crippen LogP contribution in [-0.4, -0.2) is 25.6 Å². The van der Waals surface area contributed by atoms with E-state index in [4.69, 9.17) is 21.3 Å². The summed E-state index contributed by atoms with van der Waals surface area (Å²) in [4.78, 5) is 35.7. The summed E-state index contributed by atoms with van der Waals surface area (Å²) in [5.41, 5.74) is 4.73. The highest BCUT2D eigenvalue weighted by atomic mass is 35.5. The molecule has 0 fully saturated rings. The van der Waals surface area contributed by atoms with Crippen LogP contribution in [-0.2, 0) is 30.5 Å². The highest BCUT2D eigenvalue weighted by molar-refractivity contribution is 6.30. The Bertz CT molecular complexity index is 1570. The average Bonchev–Trinajstić information content (AvgIpc) is 2.98. The Morgan fingerprint density at radius 2 is 1.65 bits per heavy atom. The van der Waals surface area contributed by atoms with Crippen molar-refractivity contribution in [2.24, 2.45) is 0 Å². The fraction of sp³-hybridized carbons (Fsp3) is 0.371. The van der Waals surface area contributed by atoms with Crippen molar-refractivity contribution in [3.8, 4) is 11.6 Å². The van der Waals surface area contributed by atoms with Crippen molar-refractivity contribution < 1.29 is 14.6 Å². The predicted molar refractivity (Wildman–Crippen MR) is 171 cm³/mol. The van der Waals surface area contributed by atoms with Crippen LogP contribution >= 0.6 is 11.6 Å². The number of halogens is 1. The van der Waals surface area contributed by atoms with E-state index in [1.54, 1.807) is 35.0 Å². The molecule has 0 radical (unpaired) electrons. The first-order chi connectivity index (χ1) is 20.8. The number of aromatic nitrogens is 3. The maximum absolute atomic E-state index is 14.1. The number of pyridine rings is 1. The van der Waals surface area contributed by atoms with Gasteiger partial charge in [0.05, 0.1) is 5.69 Å². The van der Waals surface area contributed by atoms with Gasteiger partial charge in [-0.25, -0.2) is 19.3 Å². The van der Waals surface area contributed by atoms with Crippen LogP contribution in [0.5, 0.6) is 5.75 Å². The number of aryl methyl sites for hydroxylation is 4. The molecule has 0 spiro atoms. The van der Waals surface area contributed by atoms with E-state index in [-0.39, 0.29) is 5.56 Å². The highest BCUT2D eigenvalue weighted by Gasteiger charge is 2.25. The number of hydrogen-bond acceptors (Lipinski definition) is 5. The van der Waals surface area contributed by atoms with Gasteiger partial charge >= 0.3 is 5.97 Å². The van der Waals surface area contributed by atoms with Gasteiger partial charge in [-0.15, -0.1) is 0 Å². The number of rotatable bonds is 14. The van der Waals surface area contributed by atoms with Gasteiger partial charge in [0.15, 0.2) is 0 Å². The number of carboxylic acid groups (broad SMARTS) is 1. The fourth-order valence-corrected chi connectivity index (χ4v) is 5.54. The average molecular weight is 602 g/mol. The SMILES string of the molecule is CCCCc1nc(C)n(-c2ccccn2)c(=O)c1Cc1cc(CCC)c(OC(C(=O)O)c2ccc(Cl)cc2)c(CCC)c1. The zero-order valence-corrected chi connectivity index (χ0v) is 26.2. The van der Waals surface area contributed by atoms with Gasteiger partial charge in [0, 0.05) is 28.8 Å². The van der Waals surface area contributed by atoms with E-state index in [2.05, 4.69) is 37.9 Å². The summed E-state index contributed by atoms with van der Waals surface area (Å²) in [6, 6.07) is 16.3. The van der Waals surface area contributed by atoms with Gasteiger partial charge in [-0.05, 0) is 73.6 Å².